The van der Waals surface area contributed by atoms with E-state index in [1.165, 1.54) is 11.8 Å². The van der Waals surface area contributed by atoms with Crippen molar-refractivity contribution in [3.63, 3.8) is 0 Å². The van der Waals surface area contributed by atoms with Crippen LogP contribution in [-0.2, 0) is 5.75 Å². The topological polar surface area (TPSA) is 125 Å². The Labute approximate surface area is 216 Å². The highest BCUT2D eigenvalue weighted by Gasteiger charge is 2.36. The van der Waals surface area contributed by atoms with Crippen LogP contribution in [0.4, 0.5) is 0 Å². The number of halogens is 1. The van der Waals surface area contributed by atoms with Gasteiger partial charge in [0.25, 0.3) is 0 Å². The first-order valence-corrected chi connectivity index (χ1v) is 12.2. The molecular formula is C26H19ClN6O2S. The number of nitriles is 2. The van der Waals surface area contributed by atoms with Crippen LogP contribution < -0.4 is 15.8 Å². The number of imidazole rings is 1. The number of allylic oxidation sites excluding steroid dienone is 2. The van der Waals surface area contributed by atoms with Crippen molar-refractivity contribution in [2.24, 2.45) is 5.73 Å². The van der Waals surface area contributed by atoms with Gasteiger partial charge < -0.3 is 24.6 Å². The number of hydrogen-bond acceptors (Lipinski definition) is 8. The van der Waals surface area contributed by atoms with E-state index in [4.69, 9.17) is 31.5 Å². The number of ether oxygens (including phenoxy) is 1. The maximum Gasteiger partial charge on any atom is 0.137 e. The molecule has 36 heavy (non-hydrogen) atoms. The van der Waals surface area contributed by atoms with E-state index in [0.29, 0.717) is 44.2 Å². The first-order valence-electron chi connectivity index (χ1n) is 10.8. The van der Waals surface area contributed by atoms with Crippen molar-refractivity contribution in [2.75, 3.05) is 7.11 Å². The third-order valence-electron chi connectivity index (χ3n) is 5.80. The Bertz CT molecular complexity index is 1590. The van der Waals surface area contributed by atoms with E-state index in [1.54, 1.807) is 37.8 Å². The van der Waals surface area contributed by atoms with Gasteiger partial charge in [-0.1, -0.05) is 23.4 Å². The lowest BCUT2D eigenvalue weighted by atomic mass is 9.85. The summed E-state index contributed by atoms with van der Waals surface area (Å²) in [6, 6.07) is 19.2. The summed E-state index contributed by atoms with van der Waals surface area (Å²) >= 11 is 7.73. The molecule has 8 nitrogen and oxygen atoms in total. The van der Waals surface area contributed by atoms with Crippen LogP contribution in [0.25, 0.3) is 16.9 Å². The van der Waals surface area contributed by atoms with E-state index in [-0.39, 0.29) is 11.4 Å². The second-order valence-corrected chi connectivity index (χ2v) is 9.29. The number of dihydropyridines is 1. The number of hydrogen-bond donors (Lipinski definition) is 2. The fraction of sp³-hybridized carbons (Fsp3) is 0.115. The number of pyridine rings is 1. The molecule has 4 heterocycles. The van der Waals surface area contributed by atoms with Crippen molar-refractivity contribution in [2.45, 2.75) is 11.7 Å². The maximum atomic E-state index is 10.3. The number of benzene rings is 1. The Morgan fingerprint density at radius 2 is 1.94 bits per heavy atom. The van der Waals surface area contributed by atoms with E-state index in [9.17, 15) is 10.5 Å². The second kappa shape index (κ2) is 9.74. The van der Waals surface area contributed by atoms with Crippen LogP contribution in [0.1, 0.15) is 17.4 Å². The molecule has 1 unspecified atom stereocenters. The summed E-state index contributed by atoms with van der Waals surface area (Å²) < 4.78 is 12.6. The molecule has 0 spiro atoms. The van der Waals surface area contributed by atoms with Gasteiger partial charge in [-0.15, -0.1) is 0 Å². The maximum absolute atomic E-state index is 10.3. The normalized spacial score (nSPS) is 15.5. The number of aromatic nitrogens is 2. The van der Waals surface area contributed by atoms with Crippen molar-refractivity contribution in [3.05, 3.63) is 99.5 Å². The predicted molar refractivity (Wildman–Crippen MR) is 138 cm³/mol. The number of methoxy groups -OCH3 is 1. The van der Waals surface area contributed by atoms with Crippen LogP contribution in [0.15, 0.2) is 87.4 Å². The monoisotopic (exact) mass is 514 g/mol. The first-order chi connectivity index (χ1) is 17.5. The molecule has 10 heteroatoms. The molecule has 1 aliphatic rings. The third kappa shape index (κ3) is 4.16. The molecule has 4 aromatic rings. The highest BCUT2D eigenvalue weighted by atomic mass is 35.5. The van der Waals surface area contributed by atoms with Gasteiger partial charge in [0.15, 0.2) is 0 Å². The molecule has 0 radical (unpaired) electrons. The van der Waals surface area contributed by atoms with Gasteiger partial charge in [0.2, 0.25) is 0 Å². The summed E-state index contributed by atoms with van der Waals surface area (Å²) in [6.45, 7) is 0. The minimum absolute atomic E-state index is 0.182. The van der Waals surface area contributed by atoms with E-state index >= 15 is 0 Å². The van der Waals surface area contributed by atoms with Crippen LogP contribution in [-0.4, -0.2) is 16.5 Å². The minimum atomic E-state index is -0.772. The molecule has 1 aliphatic heterocycles. The van der Waals surface area contributed by atoms with Crippen LogP contribution >= 0.6 is 23.4 Å². The Hall–Kier alpha value is -4.31. The van der Waals surface area contributed by atoms with Gasteiger partial charge in [0, 0.05) is 11.8 Å². The molecule has 1 atom stereocenters. The molecule has 0 saturated heterocycles. The molecule has 0 aliphatic carbocycles. The average molecular weight is 515 g/mol. The Kier molecular flexibility index (Phi) is 6.34. The van der Waals surface area contributed by atoms with Gasteiger partial charge in [-0.2, -0.15) is 10.5 Å². The zero-order chi connectivity index (χ0) is 25.2. The SMILES string of the molecule is COc1ccc(-c2nc3ccc(Cl)cn3c2C2C(C#N)=C(N)NC(SCc3ccco3)=C2C#N)cc1. The van der Waals surface area contributed by atoms with Crippen molar-refractivity contribution in [3.8, 4) is 29.1 Å². The zero-order valence-corrected chi connectivity index (χ0v) is 20.6. The summed E-state index contributed by atoms with van der Waals surface area (Å²) in [5.74, 6) is 1.33. The fourth-order valence-electron chi connectivity index (χ4n) is 4.13. The van der Waals surface area contributed by atoms with Crippen LogP contribution in [0.3, 0.4) is 0 Å². The van der Waals surface area contributed by atoms with Crippen LogP contribution in [0.2, 0.25) is 5.02 Å². The molecule has 0 fully saturated rings. The lowest BCUT2D eigenvalue weighted by Gasteiger charge is -2.27. The van der Waals surface area contributed by atoms with E-state index in [0.717, 1.165) is 11.3 Å². The van der Waals surface area contributed by atoms with E-state index in [2.05, 4.69) is 17.5 Å². The smallest absolute Gasteiger partial charge is 0.137 e. The number of thioether (sulfide) groups is 1. The van der Waals surface area contributed by atoms with Crippen LogP contribution in [0.5, 0.6) is 5.75 Å². The molecular weight excluding hydrogens is 496 g/mol. The Morgan fingerprint density at radius 3 is 2.61 bits per heavy atom. The summed E-state index contributed by atoms with van der Waals surface area (Å²) in [7, 11) is 1.60. The zero-order valence-electron chi connectivity index (χ0n) is 19.0. The minimum Gasteiger partial charge on any atom is -0.497 e. The van der Waals surface area contributed by atoms with Crippen molar-refractivity contribution >= 4 is 29.0 Å². The number of furan rings is 1. The highest BCUT2D eigenvalue weighted by molar-refractivity contribution is 8.02. The average Bonchev–Trinajstić information content (AvgIpc) is 3.54. The standard InChI is InChI=1S/C26H19ClN6O2S/c1-34-17-7-4-15(5-8-17)23-24(33-13-16(27)6-9-21(33)31-23)22-19(11-28)25(30)32-26(20(22)12-29)36-14-18-3-2-10-35-18/h2-10,13,22,32H,14,30H2,1H3. The summed E-state index contributed by atoms with van der Waals surface area (Å²) in [5, 5.41) is 24.5. The lowest BCUT2D eigenvalue weighted by Crippen LogP contribution is -2.30. The Morgan fingerprint density at radius 1 is 1.17 bits per heavy atom. The van der Waals surface area contributed by atoms with Gasteiger partial charge >= 0.3 is 0 Å². The third-order valence-corrected chi connectivity index (χ3v) is 7.06. The molecule has 5 rings (SSSR count). The number of nitrogens with zero attached hydrogens (tertiary/aromatic N) is 4. The predicted octanol–water partition coefficient (Wildman–Crippen LogP) is 5.31. The van der Waals surface area contributed by atoms with Gasteiger partial charge in [-0.25, -0.2) is 4.98 Å². The molecule has 3 aromatic heterocycles. The van der Waals surface area contributed by atoms with Gasteiger partial charge in [0.1, 0.15) is 23.0 Å². The molecule has 0 saturated carbocycles. The molecule has 0 amide bonds. The summed E-state index contributed by atoms with van der Waals surface area (Å²) in [4.78, 5) is 4.85. The van der Waals surface area contributed by atoms with Gasteiger partial charge in [0.05, 0.1) is 69.8 Å². The van der Waals surface area contributed by atoms with Gasteiger partial charge in [-0.05, 0) is 48.5 Å². The van der Waals surface area contributed by atoms with Crippen molar-refractivity contribution in [1.82, 2.24) is 14.7 Å². The number of fused-ring (bicyclic) bond motifs is 1. The number of nitrogens with one attached hydrogen (secondary N) is 1. The highest BCUT2D eigenvalue weighted by Crippen LogP contribution is 2.44. The molecule has 3 N–H and O–H groups in total. The van der Waals surface area contributed by atoms with Crippen molar-refractivity contribution < 1.29 is 9.15 Å². The number of nitrogens with two attached hydrogens (primary N) is 1. The van der Waals surface area contributed by atoms with E-state index in [1.807, 2.05) is 34.7 Å². The molecule has 0 bridgehead atoms. The fourth-order valence-corrected chi connectivity index (χ4v) is 5.24. The summed E-state index contributed by atoms with van der Waals surface area (Å²) in [5.41, 5.74) is 9.56. The lowest BCUT2D eigenvalue weighted by molar-refractivity contribution is 0.415. The van der Waals surface area contributed by atoms with E-state index < -0.39 is 5.92 Å². The summed E-state index contributed by atoms with van der Waals surface area (Å²) in [6.07, 6.45) is 3.32. The quantitative estimate of drug-likeness (QED) is 0.355. The largest absolute Gasteiger partial charge is 0.497 e. The van der Waals surface area contributed by atoms with Crippen LogP contribution in [0, 0.1) is 22.7 Å². The Balaban J connectivity index is 1.73. The first kappa shape index (κ1) is 23.4. The second-order valence-electron chi connectivity index (χ2n) is 7.87. The van der Waals surface area contributed by atoms with Crippen molar-refractivity contribution in [1.29, 1.82) is 10.5 Å². The number of rotatable bonds is 6. The molecule has 178 valence electrons. The molecule has 1 aromatic carbocycles. The van der Waals surface area contributed by atoms with Gasteiger partial charge in [-0.3, -0.25) is 0 Å².